The van der Waals surface area contributed by atoms with Gasteiger partial charge in [-0.3, -0.25) is 4.79 Å². The smallest absolute Gasteiger partial charge is 0.252 e. The second kappa shape index (κ2) is 9.37. The molecule has 1 aromatic carbocycles. The van der Waals surface area contributed by atoms with Crippen LogP contribution in [0.25, 0.3) is 0 Å². The normalized spacial score (nSPS) is 10.6. The minimum atomic E-state index is -0.228. The van der Waals surface area contributed by atoms with E-state index in [1.165, 1.54) is 24.7 Å². The lowest BCUT2D eigenvalue weighted by Gasteiger charge is -2.09. The highest BCUT2D eigenvalue weighted by molar-refractivity contribution is 7.98. The van der Waals surface area contributed by atoms with Gasteiger partial charge in [-0.25, -0.2) is 0 Å². The van der Waals surface area contributed by atoms with Crippen molar-refractivity contribution in [2.75, 3.05) is 24.3 Å². The largest absolute Gasteiger partial charge is 0.399 e. The van der Waals surface area contributed by atoms with Crippen LogP contribution in [-0.4, -0.2) is 24.5 Å². The third kappa shape index (κ3) is 5.81. The Kier molecular flexibility index (Phi) is 8.19. The van der Waals surface area contributed by atoms with Gasteiger partial charge in [0.25, 0.3) is 5.91 Å². The van der Waals surface area contributed by atoms with Gasteiger partial charge in [0, 0.05) is 12.2 Å². The van der Waals surface area contributed by atoms with E-state index in [1.807, 2.05) is 11.8 Å². The molecule has 1 amide bonds. The van der Waals surface area contributed by atoms with Crippen molar-refractivity contribution in [2.45, 2.75) is 25.7 Å². The zero-order valence-corrected chi connectivity index (χ0v) is 13.9. The van der Waals surface area contributed by atoms with Crippen molar-refractivity contribution < 1.29 is 4.79 Å². The summed E-state index contributed by atoms with van der Waals surface area (Å²) in [6.45, 7) is 0.640. The van der Waals surface area contributed by atoms with E-state index in [9.17, 15) is 4.79 Å². The molecule has 20 heavy (non-hydrogen) atoms. The van der Waals surface area contributed by atoms with Gasteiger partial charge in [-0.05, 0) is 37.0 Å². The van der Waals surface area contributed by atoms with E-state index in [1.54, 1.807) is 6.07 Å². The number of nitrogen functional groups attached to an aromatic ring is 1. The van der Waals surface area contributed by atoms with Crippen LogP contribution in [0.2, 0.25) is 10.0 Å². The summed E-state index contributed by atoms with van der Waals surface area (Å²) in [6, 6.07) is 3.08. The molecule has 0 aliphatic heterocycles. The summed E-state index contributed by atoms with van der Waals surface area (Å²) >= 11 is 13.8. The molecule has 1 aromatic rings. The maximum absolute atomic E-state index is 12.0. The number of carbonyl (C=O) groups is 1. The Morgan fingerprint density at radius 1 is 1.25 bits per heavy atom. The highest BCUT2D eigenvalue weighted by atomic mass is 35.5. The molecule has 3 nitrogen and oxygen atoms in total. The second-order valence-corrected chi connectivity index (χ2v) is 6.30. The highest BCUT2D eigenvalue weighted by Crippen LogP contribution is 2.28. The van der Waals surface area contributed by atoms with Crippen LogP contribution in [0.4, 0.5) is 5.69 Å². The molecule has 0 atom stereocenters. The molecule has 0 radical (unpaired) electrons. The van der Waals surface area contributed by atoms with Crippen molar-refractivity contribution >= 4 is 46.6 Å². The molecule has 1 rings (SSSR count). The Morgan fingerprint density at radius 3 is 2.65 bits per heavy atom. The minimum Gasteiger partial charge on any atom is -0.399 e. The number of unbranched alkanes of at least 4 members (excludes halogenated alkanes) is 3. The third-order valence-electron chi connectivity index (χ3n) is 2.86. The van der Waals surface area contributed by atoms with Gasteiger partial charge in [0.1, 0.15) is 0 Å². The molecule has 0 fully saturated rings. The summed E-state index contributed by atoms with van der Waals surface area (Å²) in [6.07, 6.45) is 6.62. The summed E-state index contributed by atoms with van der Waals surface area (Å²) in [4.78, 5) is 12.0. The lowest BCUT2D eigenvalue weighted by molar-refractivity contribution is 0.0953. The molecule has 0 aromatic heterocycles. The van der Waals surface area contributed by atoms with Crippen LogP contribution in [0.1, 0.15) is 36.0 Å². The van der Waals surface area contributed by atoms with Crippen molar-refractivity contribution in [3.05, 3.63) is 27.7 Å². The van der Waals surface area contributed by atoms with Gasteiger partial charge in [0.15, 0.2) is 0 Å². The van der Waals surface area contributed by atoms with Crippen molar-refractivity contribution in [3.63, 3.8) is 0 Å². The van der Waals surface area contributed by atoms with Gasteiger partial charge < -0.3 is 11.1 Å². The Balaban J connectivity index is 2.36. The first-order valence-electron chi connectivity index (χ1n) is 6.58. The first-order valence-corrected chi connectivity index (χ1v) is 8.73. The Labute approximate surface area is 134 Å². The fraction of sp³-hybridized carbons (Fsp3) is 0.500. The summed E-state index contributed by atoms with van der Waals surface area (Å²) in [7, 11) is 0. The third-order valence-corrected chi connectivity index (χ3v) is 4.35. The number of benzene rings is 1. The molecule has 6 heteroatoms. The number of hydrogen-bond donors (Lipinski definition) is 2. The van der Waals surface area contributed by atoms with Crippen LogP contribution in [0.5, 0.6) is 0 Å². The molecule has 3 N–H and O–H groups in total. The lowest BCUT2D eigenvalue weighted by atomic mass is 10.1. The van der Waals surface area contributed by atoms with E-state index in [4.69, 9.17) is 28.9 Å². The van der Waals surface area contributed by atoms with Crippen LogP contribution in [-0.2, 0) is 0 Å². The van der Waals surface area contributed by atoms with Crippen LogP contribution in [0.3, 0.4) is 0 Å². The van der Waals surface area contributed by atoms with Gasteiger partial charge in [0.2, 0.25) is 0 Å². The number of halogens is 2. The van der Waals surface area contributed by atoms with Gasteiger partial charge >= 0.3 is 0 Å². The zero-order chi connectivity index (χ0) is 15.0. The molecule has 0 saturated heterocycles. The monoisotopic (exact) mass is 334 g/mol. The number of rotatable bonds is 8. The molecule has 0 saturated carbocycles. The van der Waals surface area contributed by atoms with E-state index in [0.29, 0.717) is 22.8 Å². The molecule has 0 aliphatic carbocycles. The van der Waals surface area contributed by atoms with Crippen molar-refractivity contribution in [1.82, 2.24) is 5.32 Å². The fourth-order valence-electron chi connectivity index (χ4n) is 1.80. The van der Waals surface area contributed by atoms with Gasteiger partial charge in [-0.2, -0.15) is 11.8 Å². The van der Waals surface area contributed by atoms with Crippen LogP contribution in [0, 0.1) is 0 Å². The first kappa shape index (κ1) is 17.5. The Hall–Kier alpha value is -0.580. The predicted octanol–water partition coefficient (Wildman–Crippen LogP) is 4.23. The minimum absolute atomic E-state index is 0.228. The lowest BCUT2D eigenvalue weighted by Crippen LogP contribution is -2.25. The standard InChI is InChI=1S/C14H20Cl2N2OS/c1-20-7-5-3-2-4-6-18-14(19)11-8-10(17)9-12(15)13(11)16/h8-9H,2-7,17H2,1H3,(H,18,19). The number of carbonyl (C=O) groups excluding carboxylic acids is 1. The average molecular weight is 335 g/mol. The Bertz CT molecular complexity index is 455. The SMILES string of the molecule is CSCCCCCCNC(=O)c1cc(N)cc(Cl)c1Cl. The van der Waals surface area contributed by atoms with E-state index in [-0.39, 0.29) is 10.9 Å². The number of thioether (sulfide) groups is 1. The highest BCUT2D eigenvalue weighted by Gasteiger charge is 2.13. The maximum atomic E-state index is 12.0. The number of anilines is 1. The van der Waals surface area contributed by atoms with Gasteiger partial charge in [-0.15, -0.1) is 0 Å². The van der Waals surface area contributed by atoms with E-state index in [0.717, 1.165) is 12.8 Å². The van der Waals surface area contributed by atoms with Crippen molar-refractivity contribution in [2.24, 2.45) is 0 Å². The summed E-state index contributed by atoms with van der Waals surface area (Å²) in [5.41, 5.74) is 6.43. The quantitative estimate of drug-likeness (QED) is 0.552. The fourth-order valence-corrected chi connectivity index (χ4v) is 2.71. The molecule has 0 spiro atoms. The maximum Gasteiger partial charge on any atom is 0.252 e. The summed E-state index contributed by atoms with van der Waals surface area (Å²) < 4.78 is 0. The second-order valence-electron chi connectivity index (χ2n) is 4.53. The molecular formula is C14H20Cl2N2OS. The first-order chi connectivity index (χ1) is 9.56. The zero-order valence-electron chi connectivity index (χ0n) is 11.5. The summed E-state index contributed by atoms with van der Waals surface area (Å²) in [5, 5.41) is 3.39. The molecule has 112 valence electrons. The molecule has 0 heterocycles. The van der Waals surface area contributed by atoms with Crippen LogP contribution < -0.4 is 11.1 Å². The number of nitrogens with two attached hydrogens (primary N) is 1. The van der Waals surface area contributed by atoms with E-state index < -0.39 is 0 Å². The van der Waals surface area contributed by atoms with Crippen LogP contribution in [0.15, 0.2) is 12.1 Å². The summed E-state index contributed by atoms with van der Waals surface area (Å²) in [5.74, 6) is 0.970. The van der Waals surface area contributed by atoms with Crippen molar-refractivity contribution in [1.29, 1.82) is 0 Å². The van der Waals surface area contributed by atoms with Gasteiger partial charge in [0.05, 0.1) is 15.6 Å². The topological polar surface area (TPSA) is 55.1 Å². The van der Waals surface area contributed by atoms with E-state index >= 15 is 0 Å². The molecule has 0 aliphatic rings. The van der Waals surface area contributed by atoms with Gasteiger partial charge in [-0.1, -0.05) is 36.0 Å². The molecule has 0 unspecified atom stereocenters. The van der Waals surface area contributed by atoms with Crippen LogP contribution >= 0.6 is 35.0 Å². The molecule has 0 bridgehead atoms. The van der Waals surface area contributed by atoms with Crippen molar-refractivity contribution in [3.8, 4) is 0 Å². The van der Waals surface area contributed by atoms with E-state index in [2.05, 4.69) is 11.6 Å². The average Bonchev–Trinajstić information content (AvgIpc) is 2.41. The molecular weight excluding hydrogens is 315 g/mol. The Morgan fingerprint density at radius 2 is 1.95 bits per heavy atom. The number of hydrogen-bond acceptors (Lipinski definition) is 3. The number of amides is 1. The number of nitrogens with one attached hydrogen (secondary N) is 1. The predicted molar refractivity (Wildman–Crippen MR) is 90.1 cm³/mol.